The van der Waals surface area contributed by atoms with Gasteiger partial charge in [-0.3, -0.25) is 4.79 Å². The van der Waals surface area contributed by atoms with Crippen molar-refractivity contribution in [3.05, 3.63) is 88.6 Å². The van der Waals surface area contributed by atoms with Crippen LogP contribution < -0.4 is 14.9 Å². The van der Waals surface area contributed by atoms with Crippen LogP contribution in [0.15, 0.2) is 82.0 Å². The first-order chi connectivity index (χ1) is 29.1. The van der Waals surface area contributed by atoms with E-state index in [1.54, 1.807) is 30.3 Å². The van der Waals surface area contributed by atoms with Gasteiger partial charge >= 0.3 is 5.97 Å². The first-order valence-corrected chi connectivity index (χ1v) is 19.0. The van der Waals surface area contributed by atoms with E-state index in [0.717, 1.165) is 12.1 Å². The normalized spacial score (nSPS) is 33.1. The summed E-state index contributed by atoms with van der Waals surface area (Å²) >= 11 is 0. The van der Waals surface area contributed by atoms with Crippen LogP contribution in [0.4, 0.5) is 0 Å². The average molecular weight is 857 g/mol. The van der Waals surface area contributed by atoms with Crippen LogP contribution in [0.25, 0.3) is 28.4 Å². The first-order valence-electron chi connectivity index (χ1n) is 19.0. The van der Waals surface area contributed by atoms with Gasteiger partial charge < -0.3 is 88.6 Å². The molecule has 3 aromatic carbocycles. The van der Waals surface area contributed by atoms with Crippen LogP contribution >= 0.6 is 0 Å². The fourth-order valence-corrected chi connectivity index (χ4v) is 6.97. The number of aliphatic hydroxyl groups excluding tert-OH is 8. The molecule has 328 valence electrons. The zero-order valence-electron chi connectivity index (χ0n) is 32.1. The van der Waals surface area contributed by atoms with Gasteiger partial charge in [0.2, 0.25) is 23.8 Å². The van der Waals surface area contributed by atoms with Crippen molar-refractivity contribution in [2.45, 2.75) is 92.9 Å². The van der Waals surface area contributed by atoms with Crippen LogP contribution in [0.1, 0.15) is 12.5 Å². The third-order valence-corrected chi connectivity index (χ3v) is 10.3. The number of carbonyl (C=O) groups is 1. The van der Waals surface area contributed by atoms with Crippen LogP contribution in [0, 0.1) is 0 Å². The van der Waals surface area contributed by atoms with E-state index in [1.807, 2.05) is 0 Å². The smallest absolute Gasteiger partial charge is 0.331 e. The third-order valence-electron chi connectivity index (χ3n) is 10.3. The zero-order chi connectivity index (χ0) is 43.7. The maximum absolute atomic E-state index is 14.3. The highest BCUT2D eigenvalue weighted by Gasteiger charge is 2.51. The number of hydrogen-bond donors (Lipinski definition) is 10. The Kier molecular flexibility index (Phi) is 13.2. The fraction of sp³-hybridized carbons (Fsp3) is 0.415. The maximum Gasteiger partial charge on any atom is 0.331 e. The SMILES string of the molecule is CC1OC(Oc2cc(O)c3c(=O)c(OC4OCC(O)C(O)C4OC4OC(CO)C(O)C(OC(=O)C=Cc5ccccc5)C4O)c(-c4ccc(O)cc4)oc3c2)C(O)C(O)C1O. The van der Waals surface area contributed by atoms with Crippen molar-refractivity contribution in [2.24, 2.45) is 0 Å². The molecule has 14 unspecified atom stereocenters. The lowest BCUT2D eigenvalue weighted by Gasteiger charge is -2.44. The predicted octanol–water partition coefficient (Wildman–Crippen LogP) is -1.02. The van der Waals surface area contributed by atoms with Crippen LogP contribution in [-0.2, 0) is 28.5 Å². The molecule has 0 saturated carbocycles. The van der Waals surface area contributed by atoms with Gasteiger partial charge in [-0.05, 0) is 42.8 Å². The van der Waals surface area contributed by atoms with Crippen LogP contribution in [0.5, 0.6) is 23.0 Å². The minimum Gasteiger partial charge on any atom is -0.508 e. The highest BCUT2D eigenvalue weighted by Crippen LogP contribution is 2.39. The molecule has 20 nitrogen and oxygen atoms in total. The number of ether oxygens (including phenoxy) is 7. The highest BCUT2D eigenvalue weighted by molar-refractivity contribution is 5.88. The molecule has 14 atom stereocenters. The van der Waals surface area contributed by atoms with Gasteiger partial charge in [0, 0.05) is 23.8 Å². The average Bonchev–Trinajstić information content (AvgIpc) is 3.24. The van der Waals surface area contributed by atoms with E-state index in [1.165, 1.54) is 43.3 Å². The Morgan fingerprint density at radius 1 is 0.787 bits per heavy atom. The van der Waals surface area contributed by atoms with E-state index in [9.17, 15) is 60.7 Å². The summed E-state index contributed by atoms with van der Waals surface area (Å²) in [4.78, 5) is 27.1. The first kappa shape index (κ1) is 43.9. The molecule has 4 aromatic rings. The molecule has 7 rings (SSSR count). The van der Waals surface area contributed by atoms with Gasteiger partial charge in [-0.25, -0.2) is 4.79 Å². The van der Waals surface area contributed by atoms with E-state index in [2.05, 4.69) is 0 Å². The summed E-state index contributed by atoms with van der Waals surface area (Å²) in [5.41, 5.74) is -0.552. The monoisotopic (exact) mass is 856 g/mol. The number of aromatic hydroxyl groups is 2. The second-order valence-electron chi connectivity index (χ2n) is 14.6. The summed E-state index contributed by atoms with van der Waals surface area (Å²) in [6, 6.07) is 16.1. The molecule has 0 bridgehead atoms. The quantitative estimate of drug-likeness (QED) is 0.0638. The molecule has 0 radical (unpaired) electrons. The Morgan fingerprint density at radius 3 is 2.21 bits per heavy atom. The molecule has 0 amide bonds. The lowest BCUT2D eigenvalue weighted by molar-refractivity contribution is -0.349. The van der Waals surface area contributed by atoms with Gasteiger partial charge in [-0.1, -0.05) is 30.3 Å². The summed E-state index contributed by atoms with van der Waals surface area (Å²) in [7, 11) is 0. The number of carbonyl (C=O) groups excluding carboxylic acids is 1. The number of phenols is 2. The van der Waals surface area contributed by atoms with Crippen molar-refractivity contribution in [3.8, 4) is 34.3 Å². The standard InChI is InChI=1S/C41H44O20/c1-17-28(47)32(51)33(52)39(55-17)56-21-13-22(44)27-24(14-21)57-35(19-8-10-20(43)11-9-19)37(31(27)50)60-41-38(29(48)23(45)16-54-41)61-40-34(53)36(30(49)25(15-42)58-40)59-26(46)12-7-18-5-3-2-4-6-18/h2-14,17,23,25,28-30,32-34,36,38-45,47-49,51-53H,15-16H2,1H3. The van der Waals surface area contributed by atoms with E-state index in [-0.39, 0.29) is 28.4 Å². The molecule has 4 heterocycles. The minimum atomic E-state index is -1.98. The number of rotatable bonds is 11. The van der Waals surface area contributed by atoms with Gasteiger partial charge in [0.1, 0.15) is 77.0 Å². The third kappa shape index (κ3) is 9.21. The van der Waals surface area contributed by atoms with Gasteiger partial charge in [0.15, 0.2) is 24.3 Å². The Bertz CT molecular complexity index is 2230. The predicted molar refractivity (Wildman–Crippen MR) is 205 cm³/mol. The van der Waals surface area contributed by atoms with E-state index in [0.29, 0.717) is 5.56 Å². The van der Waals surface area contributed by atoms with E-state index >= 15 is 0 Å². The number of hydrogen-bond acceptors (Lipinski definition) is 20. The van der Waals surface area contributed by atoms with Crippen molar-refractivity contribution >= 4 is 23.0 Å². The summed E-state index contributed by atoms with van der Waals surface area (Å²) in [6.07, 6.45) is -20.9. The number of esters is 1. The molecular formula is C41H44O20. The van der Waals surface area contributed by atoms with Crippen LogP contribution in [-0.4, -0.2) is 156 Å². The second kappa shape index (κ2) is 18.4. The summed E-state index contributed by atoms with van der Waals surface area (Å²) in [5, 5.41) is 105. The largest absolute Gasteiger partial charge is 0.508 e. The number of phenolic OH excluding ortho intramolecular Hbond substituents is 2. The summed E-state index contributed by atoms with van der Waals surface area (Å²) in [5.74, 6) is -3.04. The van der Waals surface area contributed by atoms with Crippen molar-refractivity contribution in [1.29, 1.82) is 0 Å². The Hall–Kier alpha value is -5.20. The molecule has 3 aliphatic rings. The zero-order valence-corrected chi connectivity index (χ0v) is 32.1. The molecule has 3 aliphatic heterocycles. The van der Waals surface area contributed by atoms with Crippen LogP contribution in [0.2, 0.25) is 0 Å². The topological polar surface area (TPSA) is 314 Å². The molecule has 0 aliphatic carbocycles. The Balaban J connectivity index is 1.20. The summed E-state index contributed by atoms with van der Waals surface area (Å²) < 4.78 is 45.8. The van der Waals surface area contributed by atoms with E-state index in [4.69, 9.17) is 37.6 Å². The molecular weight excluding hydrogens is 812 g/mol. The molecule has 61 heavy (non-hydrogen) atoms. The van der Waals surface area contributed by atoms with Gasteiger partial charge in [-0.15, -0.1) is 0 Å². The van der Waals surface area contributed by atoms with Crippen molar-refractivity contribution in [1.82, 2.24) is 0 Å². The van der Waals surface area contributed by atoms with Crippen molar-refractivity contribution in [3.63, 3.8) is 0 Å². The second-order valence-corrected chi connectivity index (χ2v) is 14.6. The lowest BCUT2D eigenvalue weighted by Crippen LogP contribution is -2.64. The van der Waals surface area contributed by atoms with Gasteiger partial charge in [0.25, 0.3) is 0 Å². The Labute approximate surface area is 345 Å². The highest BCUT2D eigenvalue weighted by atomic mass is 16.8. The molecule has 10 N–H and O–H groups in total. The molecule has 20 heteroatoms. The van der Waals surface area contributed by atoms with Crippen LogP contribution in [0.3, 0.4) is 0 Å². The number of benzene rings is 3. The maximum atomic E-state index is 14.3. The van der Waals surface area contributed by atoms with Crippen molar-refractivity contribution < 1.29 is 93.4 Å². The van der Waals surface area contributed by atoms with Crippen molar-refractivity contribution in [2.75, 3.05) is 13.2 Å². The molecule has 3 fully saturated rings. The lowest BCUT2D eigenvalue weighted by atomic mass is 9.98. The van der Waals surface area contributed by atoms with E-state index < -0.39 is 128 Å². The minimum absolute atomic E-state index is 0.125. The summed E-state index contributed by atoms with van der Waals surface area (Å²) in [6.45, 7) is 0.00602. The number of aliphatic hydroxyl groups is 8. The fourth-order valence-electron chi connectivity index (χ4n) is 6.97. The molecule has 0 spiro atoms. The molecule has 1 aromatic heterocycles. The van der Waals surface area contributed by atoms with Gasteiger partial charge in [-0.2, -0.15) is 0 Å². The number of fused-ring (bicyclic) bond motifs is 1. The molecule has 3 saturated heterocycles. The van der Waals surface area contributed by atoms with Gasteiger partial charge in [0.05, 0.1) is 19.3 Å². The Morgan fingerprint density at radius 2 is 1.51 bits per heavy atom.